The molecule has 71 heavy (non-hydrogen) atoms. The Morgan fingerprint density at radius 1 is 1.07 bits per heavy atom. The first kappa shape index (κ1) is 49.4. The highest BCUT2D eigenvalue weighted by atomic mass is 32.1. The lowest BCUT2D eigenvalue weighted by atomic mass is 9.84. The minimum atomic E-state index is -1.06. The number of hydrazine groups is 1. The molecule has 8 atom stereocenters. The third kappa shape index (κ3) is 9.87. The summed E-state index contributed by atoms with van der Waals surface area (Å²) in [6.07, 6.45) is 9.03. The number of nitrogens with zero attached hydrogens (tertiary/aromatic N) is 6. The number of ether oxygens (including phenoxy) is 2. The number of aromatic nitrogens is 3. The van der Waals surface area contributed by atoms with Gasteiger partial charge in [0, 0.05) is 91.8 Å². The van der Waals surface area contributed by atoms with Crippen LogP contribution in [-0.4, -0.2) is 130 Å². The first-order chi connectivity index (χ1) is 34.1. The van der Waals surface area contributed by atoms with E-state index in [1.165, 1.54) is 16.3 Å². The van der Waals surface area contributed by atoms with Gasteiger partial charge >= 0.3 is 5.97 Å². The average molecular weight is 990 g/mol. The number of amides is 4. The zero-order valence-corrected chi connectivity index (χ0v) is 43.2. The van der Waals surface area contributed by atoms with Crippen LogP contribution in [0.3, 0.4) is 0 Å². The molecule has 17 heteroatoms. The molecule has 2 saturated carbocycles. The van der Waals surface area contributed by atoms with Gasteiger partial charge in [-0.2, -0.15) is 0 Å². The zero-order valence-electron chi connectivity index (χ0n) is 42.4. The number of fused-ring (bicyclic) bond motifs is 6. The third-order valence-corrected chi connectivity index (χ3v) is 17.2. The molecule has 5 fully saturated rings. The normalized spacial score (nSPS) is 26.7. The lowest BCUT2D eigenvalue weighted by molar-refractivity contribution is -0.155. The van der Waals surface area contributed by atoms with E-state index >= 15 is 4.79 Å². The number of carbonyl (C=O) groups excluding carboxylic acids is 5. The molecule has 1 aromatic carbocycles. The Kier molecular flexibility index (Phi) is 13.9. The van der Waals surface area contributed by atoms with Crippen molar-refractivity contribution in [2.24, 2.45) is 29.1 Å². The number of carbonyl (C=O) groups is 5. The number of hydrogen-bond donors (Lipinski definition) is 3. The molecule has 3 aromatic heterocycles. The molecule has 6 bridgehead atoms. The largest absolute Gasteiger partial charge is 0.464 e. The van der Waals surface area contributed by atoms with Gasteiger partial charge in [0.05, 0.1) is 40.7 Å². The van der Waals surface area contributed by atoms with Gasteiger partial charge in [0.25, 0.3) is 5.91 Å². The van der Waals surface area contributed by atoms with E-state index in [1.807, 2.05) is 30.2 Å². The van der Waals surface area contributed by atoms with Crippen LogP contribution in [0, 0.1) is 29.1 Å². The van der Waals surface area contributed by atoms with Crippen molar-refractivity contribution in [3.63, 3.8) is 0 Å². The molecule has 0 spiro atoms. The van der Waals surface area contributed by atoms with Crippen molar-refractivity contribution in [1.29, 1.82) is 0 Å². The fourth-order valence-electron chi connectivity index (χ4n) is 12.1. The van der Waals surface area contributed by atoms with E-state index in [-0.39, 0.29) is 66.7 Å². The van der Waals surface area contributed by atoms with Crippen molar-refractivity contribution in [3.05, 3.63) is 58.2 Å². The summed E-state index contributed by atoms with van der Waals surface area (Å²) in [6, 6.07) is 7.93. The topological polar surface area (TPSA) is 190 Å². The Labute approximate surface area is 420 Å². The SMILES string of the molecule is CCn1c(-c2cccnc2[C@H](C)OC)c2c3cc(ccc31)-c1csc(n1)C[C@H](NC(=O)[C@H](C1CCCC1)N(C)C(=O)[C@H]1CN(C(=O)[C@@H]3N[C@@H]3C3CC3)C[C@H]1C)C(=O)N1CCC[C@H](N1)C(=O)OCC(C)(C)C2. The van der Waals surface area contributed by atoms with E-state index in [1.54, 1.807) is 25.3 Å². The predicted molar refractivity (Wildman–Crippen MR) is 271 cm³/mol. The van der Waals surface area contributed by atoms with E-state index in [9.17, 15) is 19.2 Å². The van der Waals surface area contributed by atoms with E-state index in [4.69, 9.17) is 19.4 Å². The number of methoxy groups -OCH3 is 1. The molecule has 4 amide bonds. The van der Waals surface area contributed by atoms with Gasteiger partial charge in [-0.15, -0.1) is 11.3 Å². The monoisotopic (exact) mass is 990 g/mol. The number of likely N-dealkylation sites (N-methyl/N-ethyl adjacent to an activating group) is 1. The molecule has 16 nitrogen and oxygen atoms in total. The number of rotatable bonds is 11. The first-order valence-electron chi connectivity index (χ1n) is 26.1. The van der Waals surface area contributed by atoms with Crippen LogP contribution >= 0.6 is 11.3 Å². The number of esters is 1. The molecule has 380 valence electrons. The van der Waals surface area contributed by atoms with Crippen molar-refractivity contribution in [2.75, 3.05) is 40.4 Å². The lowest BCUT2D eigenvalue weighted by Crippen LogP contribution is -2.62. The minimum Gasteiger partial charge on any atom is -0.464 e. The maximum Gasteiger partial charge on any atom is 0.324 e. The van der Waals surface area contributed by atoms with Crippen LogP contribution in [0.25, 0.3) is 33.4 Å². The summed E-state index contributed by atoms with van der Waals surface area (Å²) < 4.78 is 14.3. The quantitative estimate of drug-likeness (QED) is 0.117. The Bertz CT molecular complexity index is 2690. The van der Waals surface area contributed by atoms with E-state index in [0.717, 1.165) is 83.2 Å². The van der Waals surface area contributed by atoms with Crippen molar-refractivity contribution >= 4 is 51.8 Å². The molecule has 3 N–H and O–H groups in total. The van der Waals surface area contributed by atoms with Gasteiger partial charge in [-0.25, -0.2) is 10.4 Å². The average Bonchev–Trinajstić information content (AvgIpc) is 4.16. The van der Waals surface area contributed by atoms with Crippen molar-refractivity contribution in [2.45, 2.75) is 142 Å². The number of thiazole rings is 1. The van der Waals surface area contributed by atoms with Gasteiger partial charge in [-0.1, -0.05) is 39.7 Å². The van der Waals surface area contributed by atoms with Crippen molar-refractivity contribution in [1.82, 2.24) is 45.4 Å². The Hall–Kier alpha value is -5.23. The molecular formula is C54H71N9O7S. The van der Waals surface area contributed by atoms with Crippen LogP contribution in [0.1, 0.15) is 108 Å². The Morgan fingerprint density at radius 3 is 2.61 bits per heavy atom. The molecule has 0 unspecified atom stereocenters. The van der Waals surface area contributed by atoms with Crippen LogP contribution in [0.2, 0.25) is 0 Å². The summed E-state index contributed by atoms with van der Waals surface area (Å²) in [5.41, 5.74) is 9.40. The fraction of sp³-hybridized carbons (Fsp3) is 0.611. The first-order valence-corrected chi connectivity index (χ1v) is 27.0. The van der Waals surface area contributed by atoms with Crippen LogP contribution in [0.5, 0.6) is 0 Å². The number of nitrogens with one attached hydrogen (secondary N) is 3. The molecule has 10 rings (SSSR count). The lowest BCUT2D eigenvalue weighted by Gasteiger charge is -2.37. The molecule has 0 radical (unpaired) electrons. The molecular weight excluding hydrogens is 919 g/mol. The van der Waals surface area contributed by atoms with Crippen LogP contribution in [0.4, 0.5) is 0 Å². The van der Waals surface area contributed by atoms with Crippen molar-refractivity contribution in [3.8, 4) is 22.5 Å². The van der Waals surface area contributed by atoms with Gasteiger partial charge in [-0.3, -0.25) is 39.3 Å². The third-order valence-electron chi connectivity index (χ3n) is 16.3. The van der Waals surface area contributed by atoms with Gasteiger partial charge < -0.3 is 29.2 Å². The Balaban J connectivity index is 0.972. The summed E-state index contributed by atoms with van der Waals surface area (Å²) in [5, 5.41) is 11.7. The van der Waals surface area contributed by atoms with Crippen LogP contribution < -0.4 is 16.1 Å². The summed E-state index contributed by atoms with van der Waals surface area (Å²) >= 11 is 1.44. The van der Waals surface area contributed by atoms with Gasteiger partial charge in [0.1, 0.15) is 24.2 Å². The zero-order chi connectivity index (χ0) is 49.9. The maximum atomic E-state index is 15.0. The van der Waals surface area contributed by atoms with E-state index < -0.39 is 35.4 Å². The second-order valence-corrected chi connectivity index (χ2v) is 23.0. The van der Waals surface area contributed by atoms with Crippen LogP contribution in [-0.2, 0) is 52.8 Å². The summed E-state index contributed by atoms with van der Waals surface area (Å²) in [7, 11) is 3.41. The standard InChI is InChI=1S/C54H71N9O7S/c1-8-62-42-20-19-34-23-36(42)37(48(62)35-15-11-21-55-44(35)31(3)69-7)25-54(4,5)29-70-53(68)39-16-12-22-63(59-39)51(66)40(24-43-56-41(34)28-71-43)57-49(64)47(33-13-9-10-14-33)60(6)50(65)38-27-61(26-30(38)2)52(67)46-45(58-46)32-17-18-32/h11,15,19-21,23,28,30-33,38-40,45-47,58-59H,8-10,12-14,16-18,22,24-27,29H2,1-7H3,(H,57,64)/t30-,31+,38+,39+,40+,45-,46-,47+/m1/s1. The Morgan fingerprint density at radius 2 is 1.86 bits per heavy atom. The second kappa shape index (κ2) is 20.0. The highest BCUT2D eigenvalue weighted by molar-refractivity contribution is 7.10. The van der Waals surface area contributed by atoms with Gasteiger partial charge in [0.2, 0.25) is 17.7 Å². The smallest absolute Gasteiger partial charge is 0.324 e. The number of hydrogen-bond acceptors (Lipinski definition) is 12. The molecule has 2 aliphatic carbocycles. The summed E-state index contributed by atoms with van der Waals surface area (Å²) in [4.78, 5) is 85.5. The number of pyridine rings is 1. The summed E-state index contributed by atoms with van der Waals surface area (Å²) in [6.45, 7) is 12.4. The highest BCUT2D eigenvalue weighted by Crippen LogP contribution is 2.43. The molecule has 6 aliphatic rings. The number of benzene rings is 1. The van der Waals surface area contributed by atoms with E-state index in [0.29, 0.717) is 56.4 Å². The number of cyclic esters (lactones) is 1. The van der Waals surface area contributed by atoms with E-state index in [2.05, 4.69) is 65.7 Å². The van der Waals surface area contributed by atoms with Gasteiger partial charge in [-0.05, 0) is 106 Å². The second-order valence-electron chi connectivity index (χ2n) is 22.0. The number of aryl methyl sites for hydroxylation is 1. The molecule has 3 saturated heterocycles. The van der Waals surface area contributed by atoms with Crippen LogP contribution in [0.15, 0.2) is 41.9 Å². The van der Waals surface area contributed by atoms with Crippen molar-refractivity contribution < 1.29 is 33.4 Å². The molecule has 4 aromatic rings. The molecule has 4 aliphatic heterocycles. The minimum absolute atomic E-state index is 0.0692. The molecule has 7 heterocycles. The number of likely N-dealkylation sites (tertiary alicyclic amines) is 1. The maximum absolute atomic E-state index is 15.0. The predicted octanol–water partition coefficient (Wildman–Crippen LogP) is 6.06. The highest BCUT2D eigenvalue weighted by Gasteiger charge is 2.54. The summed E-state index contributed by atoms with van der Waals surface area (Å²) in [5.74, 6) is -1.34. The van der Waals surface area contributed by atoms with Gasteiger partial charge in [0.15, 0.2) is 0 Å². The fourth-order valence-corrected chi connectivity index (χ4v) is 13.0.